The SMILES string of the molecule is O=C(NCc1ccc(-n2ccnc2)c(F)c1)c1ccc(-n2ccc(C(F)(F)F)n2)cc1. The van der Waals surface area contributed by atoms with Crippen molar-refractivity contribution in [3.63, 3.8) is 0 Å². The third kappa shape index (κ3) is 4.47. The van der Waals surface area contributed by atoms with Gasteiger partial charge in [0.1, 0.15) is 5.82 Å². The van der Waals surface area contributed by atoms with E-state index in [0.717, 1.165) is 10.7 Å². The zero-order valence-corrected chi connectivity index (χ0v) is 15.8. The quantitative estimate of drug-likeness (QED) is 0.485. The van der Waals surface area contributed by atoms with Gasteiger partial charge >= 0.3 is 6.18 Å². The monoisotopic (exact) mass is 429 g/mol. The minimum atomic E-state index is -4.53. The highest BCUT2D eigenvalue weighted by Gasteiger charge is 2.33. The van der Waals surface area contributed by atoms with E-state index >= 15 is 0 Å². The van der Waals surface area contributed by atoms with Crippen molar-refractivity contribution >= 4 is 5.91 Å². The van der Waals surface area contributed by atoms with E-state index < -0.39 is 23.6 Å². The normalized spacial score (nSPS) is 11.5. The molecule has 0 aliphatic carbocycles. The van der Waals surface area contributed by atoms with E-state index in [9.17, 15) is 22.4 Å². The van der Waals surface area contributed by atoms with Crippen LogP contribution in [0.4, 0.5) is 17.6 Å². The summed E-state index contributed by atoms with van der Waals surface area (Å²) in [6.45, 7) is 0.107. The van der Waals surface area contributed by atoms with E-state index in [2.05, 4.69) is 15.4 Å². The Balaban J connectivity index is 1.40. The number of alkyl halides is 3. The van der Waals surface area contributed by atoms with Gasteiger partial charge in [0.15, 0.2) is 5.69 Å². The predicted octanol–water partition coefficient (Wildman–Crippen LogP) is 4.15. The molecule has 0 unspecified atom stereocenters. The van der Waals surface area contributed by atoms with Crippen molar-refractivity contribution in [2.75, 3.05) is 0 Å². The Morgan fingerprint density at radius 1 is 1.03 bits per heavy atom. The first-order chi connectivity index (χ1) is 14.8. The second kappa shape index (κ2) is 8.05. The number of rotatable bonds is 5. The first kappa shape index (κ1) is 20.3. The van der Waals surface area contributed by atoms with E-state index in [1.807, 2.05) is 0 Å². The number of nitrogens with one attached hydrogen (secondary N) is 1. The number of carbonyl (C=O) groups is 1. The highest BCUT2D eigenvalue weighted by Crippen LogP contribution is 2.27. The third-order valence-electron chi connectivity index (χ3n) is 4.52. The van der Waals surface area contributed by atoms with E-state index in [0.29, 0.717) is 22.5 Å². The average molecular weight is 429 g/mol. The van der Waals surface area contributed by atoms with Gasteiger partial charge in [-0.15, -0.1) is 0 Å². The molecule has 2 aromatic carbocycles. The zero-order valence-electron chi connectivity index (χ0n) is 15.8. The molecule has 0 spiro atoms. The summed E-state index contributed by atoms with van der Waals surface area (Å²) in [6, 6.07) is 11.4. The number of hydrogen-bond donors (Lipinski definition) is 1. The molecular formula is C21H15F4N5O. The summed E-state index contributed by atoms with van der Waals surface area (Å²) >= 11 is 0. The van der Waals surface area contributed by atoms with Gasteiger partial charge in [-0.3, -0.25) is 4.79 Å². The molecule has 0 atom stereocenters. The number of halogens is 4. The summed E-state index contributed by atoms with van der Waals surface area (Å²) in [7, 11) is 0. The minimum absolute atomic E-state index is 0.107. The molecule has 0 saturated heterocycles. The Kier molecular flexibility index (Phi) is 5.28. The van der Waals surface area contributed by atoms with Gasteiger partial charge in [0.25, 0.3) is 5.91 Å². The topological polar surface area (TPSA) is 64.7 Å². The second-order valence-corrected chi connectivity index (χ2v) is 6.63. The Morgan fingerprint density at radius 2 is 1.81 bits per heavy atom. The lowest BCUT2D eigenvalue weighted by Gasteiger charge is -2.09. The van der Waals surface area contributed by atoms with Gasteiger partial charge < -0.3 is 9.88 Å². The molecule has 158 valence electrons. The average Bonchev–Trinajstić information content (AvgIpc) is 3.44. The van der Waals surface area contributed by atoms with Crippen LogP contribution in [0.15, 0.2) is 73.4 Å². The molecule has 1 amide bonds. The molecule has 4 rings (SSSR count). The highest BCUT2D eigenvalue weighted by molar-refractivity contribution is 5.94. The fourth-order valence-electron chi connectivity index (χ4n) is 2.94. The van der Waals surface area contributed by atoms with Crippen LogP contribution in [0.3, 0.4) is 0 Å². The molecule has 2 heterocycles. The van der Waals surface area contributed by atoms with Gasteiger partial charge in [0, 0.05) is 30.7 Å². The minimum Gasteiger partial charge on any atom is -0.348 e. The molecule has 31 heavy (non-hydrogen) atoms. The summed E-state index contributed by atoms with van der Waals surface area (Å²) in [6.07, 6.45) is 1.31. The number of aromatic nitrogens is 4. The van der Waals surface area contributed by atoms with E-state index in [1.54, 1.807) is 24.5 Å². The molecule has 2 aromatic heterocycles. The number of imidazole rings is 1. The number of carbonyl (C=O) groups excluding carboxylic acids is 1. The van der Waals surface area contributed by atoms with Crippen LogP contribution in [-0.4, -0.2) is 25.2 Å². The van der Waals surface area contributed by atoms with Gasteiger partial charge in [0.2, 0.25) is 0 Å². The predicted molar refractivity (Wildman–Crippen MR) is 103 cm³/mol. The van der Waals surface area contributed by atoms with Gasteiger partial charge in [0.05, 0.1) is 17.7 Å². The molecule has 0 bridgehead atoms. The summed E-state index contributed by atoms with van der Waals surface area (Å²) in [5.41, 5.74) is 0.602. The van der Waals surface area contributed by atoms with Crippen LogP contribution in [0.25, 0.3) is 11.4 Å². The van der Waals surface area contributed by atoms with Crippen LogP contribution in [0.2, 0.25) is 0 Å². The number of benzene rings is 2. The lowest BCUT2D eigenvalue weighted by Crippen LogP contribution is -2.22. The highest BCUT2D eigenvalue weighted by atomic mass is 19.4. The Hall–Kier alpha value is -3.95. The standard InChI is InChI=1S/C21H15F4N5O/c22-17-11-14(1-6-18(17)29-10-8-26-13-29)12-27-20(31)15-2-4-16(5-3-15)30-9-7-19(28-30)21(23,24)25/h1-11,13H,12H2,(H,27,31). The van der Waals surface area contributed by atoms with E-state index in [4.69, 9.17) is 0 Å². The van der Waals surface area contributed by atoms with E-state index in [1.165, 1.54) is 47.4 Å². The van der Waals surface area contributed by atoms with Crippen molar-refractivity contribution in [3.8, 4) is 11.4 Å². The van der Waals surface area contributed by atoms with Gasteiger partial charge in [-0.1, -0.05) is 6.07 Å². The molecule has 4 aromatic rings. The molecule has 0 aliphatic heterocycles. The lowest BCUT2D eigenvalue weighted by molar-refractivity contribution is -0.141. The Labute approximate surface area is 173 Å². The first-order valence-corrected chi connectivity index (χ1v) is 9.09. The van der Waals surface area contributed by atoms with Crippen LogP contribution in [0.5, 0.6) is 0 Å². The summed E-state index contributed by atoms with van der Waals surface area (Å²) in [5, 5.41) is 6.17. The van der Waals surface area contributed by atoms with Crippen molar-refractivity contribution in [3.05, 3.63) is 96.1 Å². The fourth-order valence-corrected chi connectivity index (χ4v) is 2.94. The second-order valence-electron chi connectivity index (χ2n) is 6.63. The van der Waals surface area contributed by atoms with Crippen LogP contribution in [0.1, 0.15) is 21.6 Å². The largest absolute Gasteiger partial charge is 0.435 e. The maximum absolute atomic E-state index is 14.3. The zero-order chi connectivity index (χ0) is 22.0. The number of nitrogens with zero attached hydrogens (tertiary/aromatic N) is 4. The van der Waals surface area contributed by atoms with Crippen molar-refractivity contribution in [2.24, 2.45) is 0 Å². The van der Waals surface area contributed by atoms with Gasteiger partial charge in [-0.2, -0.15) is 18.3 Å². The summed E-state index contributed by atoms with van der Waals surface area (Å²) < 4.78 is 54.9. The summed E-state index contributed by atoms with van der Waals surface area (Å²) in [5.74, 6) is -0.853. The van der Waals surface area contributed by atoms with Crippen LogP contribution in [-0.2, 0) is 12.7 Å². The molecule has 1 N–H and O–H groups in total. The van der Waals surface area contributed by atoms with Crippen molar-refractivity contribution in [1.29, 1.82) is 0 Å². The van der Waals surface area contributed by atoms with Crippen LogP contribution < -0.4 is 5.32 Å². The number of amides is 1. The molecule has 0 aliphatic rings. The lowest BCUT2D eigenvalue weighted by atomic mass is 10.1. The Morgan fingerprint density at radius 3 is 2.42 bits per heavy atom. The summed E-state index contributed by atoms with van der Waals surface area (Å²) in [4.78, 5) is 16.2. The fraction of sp³-hybridized carbons (Fsp3) is 0.0952. The van der Waals surface area contributed by atoms with Gasteiger partial charge in [-0.05, 0) is 48.0 Å². The first-order valence-electron chi connectivity index (χ1n) is 9.09. The number of hydrogen-bond acceptors (Lipinski definition) is 3. The van der Waals surface area contributed by atoms with Crippen molar-refractivity contribution in [2.45, 2.75) is 12.7 Å². The molecular weight excluding hydrogens is 414 g/mol. The maximum atomic E-state index is 14.3. The molecule has 6 nitrogen and oxygen atoms in total. The maximum Gasteiger partial charge on any atom is 0.435 e. The smallest absolute Gasteiger partial charge is 0.348 e. The molecule has 0 saturated carbocycles. The van der Waals surface area contributed by atoms with Crippen molar-refractivity contribution in [1.82, 2.24) is 24.6 Å². The van der Waals surface area contributed by atoms with E-state index in [-0.39, 0.29) is 6.54 Å². The molecule has 10 heteroatoms. The molecule has 0 fully saturated rings. The van der Waals surface area contributed by atoms with Crippen LogP contribution in [0, 0.1) is 5.82 Å². The van der Waals surface area contributed by atoms with Gasteiger partial charge in [-0.25, -0.2) is 14.1 Å². The van der Waals surface area contributed by atoms with Crippen LogP contribution >= 0.6 is 0 Å². The Bertz CT molecular complexity index is 1200. The third-order valence-corrected chi connectivity index (χ3v) is 4.52. The van der Waals surface area contributed by atoms with Crippen molar-refractivity contribution < 1.29 is 22.4 Å². The molecule has 0 radical (unpaired) electrons.